The third-order valence-electron chi connectivity index (χ3n) is 3.67. The summed E-state index contributed by atoms with van der Waals surface area (Å²) in [7, 11) is 0. The number of phenolic OH excluding ortho intramolecular Hbond substituents is 1. The molecular formula is C18H20O3. The van der Waals surface area contributed by atoms with Crippen molar-refractivity contribution in [1.29, 1.82) is 0 Å². The van der Waals surface area contributed by atoms with E-state index in [1.54, 1.807) is 6.07 Å². The Kier molecular flexibility index (Phi) is 4.32. The highest BCUT2D eigenvalue weighted by atomic mass is 16.5. The first-order valence-electron chi connectivity index (χ1n) is 6.97. The summed E-state index contributed by atoms with van der Waals surface area (Å²) in [5.74, 6) is 0.801. The summed E-state index contributed by atoms with van der Waals surface area (Å²) in [4.78, 5) is 11.0. The van der Waals surface area contributed by atoms with Crippen molar-refractivity contribution < 1.29 is 14.6 Å². The van der Waals surface area contributed by atoms with E-state index in [0.717, 1.165) is 22.3 Å². The van der Waals surface area contributed by atoms with Crippen LogP contribution in [0.25, 0.3) is 0 Å². The fourth-order valence-electron chi connectivity index (χ4n) is 2.35. The van der Waals surface area contributed by atoms with Gasteiger partial charge in [-0.15, -0.1) is 0 Å². The average Bonchev–Trinajstić information content (AvgIpc) is 2.43. The van der Waals surface area contributed by atoms with Gasteiger partial charge in [-0.1, -0.05) is 31.2 Å². The second-order valence-corrected chi connectivity index (χ2v) is 5.39. The summed E-state index contributed by atoms with van der Waals surface area (Å²) in [6, 6.07) is 11.5. The Hall–Kier alpha value is -2.29. The van der Waals surface area contributed by atoms with Crippen molar-refractivity contribution in [2.75, 3.05) is 0 Å². The zero-order valence-electron chi connectivity index (χ0n) is 12.8. The summed E-state index contributed by atoms with van der Waals surface area (Å²) >= 11 is 0. The van der Waals surface area contributed by atoms with E-state index in [9.17, 15) is 9.90 Å². The number of carbonyl (C=O) groups excluding carboxylic acids is 1. The van der Waals surface area contributed by atoms with Crippen molar-refractivity contribution in [1.82, 2.24) is 0 Å². The average molecular weight is 284 g/mol. The monoisotopic (exact) mass is 284 g/mol. The molecule has 0 bridgehead atoms. The lowest BCUT2D eigenvalue weighted by Gasteiger charge is -2.15. The van der Waals surface area contributed by atoms with E-state index in [2.05, 4.69) is 6.92 Å². The first kappa shape index (κ1) is 15.1. The van der Waals surface area contributed by atoms with Crippen LogP contribution in [0.4, 0.5) is 0 Å². The van der Waals surface area contributed by atoms with Crippen LogP contribution in [0.2, 0.25) is 0 Å². The zero-order valence-corrected chi connectivity index (χ0v) is 12.8. The minimum absolute atomic E-state index is 0.203. The van der Waals surface area contributed by atoms with Crippen LogP contribution < -0.4 is 4.74 Å². The lowest BCUT2D eigenvalue weighted by Crippen LogP contribution is -2.04. The van der Waals surface area contributed by atoms with Gasteiger partial charge in [0.05, 0.1) is 0 Å². The summed E-state index contributed by atoms with van der Waals surface area (Å²) in [6.07, 6.45) is 0. The van der Waals surface area contributed by atoms with Gasteiger partial charge in [-0.05, 0) is 48.2 Å². The van der Waals surface area contributed by atoms with Gasteiger partial charge in [0.15, 0.2) is 0 Å². The van der Waals surface area contributed by atoms with Gasteiger partial charge in [0, 0.05) is 12.8 Å². The number of carbonyl (C=O) groups is 1. The number of benzene rings is 2. The number of hydrogen-bond donors (Lipinski definition) is 1. The van der Waals surface area contributed by atoms with Gasteiger partial charge in [-0.25, -0.2) is 0 Å². The predicted molar refractivity (Wildman–Crippen MR) is 82.8 cm³/mol. The fraction of sp³-hybridized carbons (Fsp3) is 0.278. The molecule has 0 aromatic heterocycles. The highest BCUT2D eigenvalue weighted by molar-refractivity contribution is 5.69. The van der Waals surface area contributed by atoms with Crippen LogP contribution in [0, 0.1) is 13.8 Å². The number of aryl methyl sites for hydroxylation is 2. The number of aromatic hydroxyl groups is 1. The quantitative estimate of drug-likeness (QED) is 0.682. The van der Waals surface area contributed by atoms with Crippen molar-refractivity contribution in [3.63, 3.8) is 0 Å². The molecule has 0 aliphatic rings. The molecule has 3 nitrogen and oxygen atoms in total. The molecule has 2 aromatic carbocycles. The van der Waals surface area contributed by atoms with Crippen molar-refractivity contribution in [3.8, 4) is 11.5 Å². The summed E-state index contributed by atoms with van der Waals surface area (Å²) in [5.41, 5.74) is 4.09. The van der Waals surface area contributed by atoms with Crippen LogP contribution in [-0.4, -0.2) is 11.1 Å². The van der Waals surface area contributed by atoms with E-state index < -0.39 is 0 Å². The maximum atomic E-state index is 11.0. The Morgan fingerprint density at radius 2 is 1.62 bits per heavy atom. The molecule has 2 aromatic rings. The van der Waals surface area contributed by atoms with Gasteiger partial charge in [0.2, 0.25) is 0 Å². The molecule has 0 heterocycles. The number of rotatable bonds is 3. The van der Waals surface area contributed by atoms with Crippen LogP contribution in [-0.2, 0) is 4.79 Å². The van der Waals surface area contributed by atoms with Crippen LogP contribution in [0.5, 0.6) is 11.5 Å². The lowest BCUT2D eigenvalue weighted by molar-refractivity contribution is -0.131. The maximum absolute atomic E-state index is 11.0. The largest absolute Gasteiger partial charge is 0.508 e. The fourth-order valence-corrected chi connectivity index (χ4v) is 2.35. The van der Waals surface area contributed by atoms with Gasteiger partial charge in [0.1, 0.15) is 11.5 Å². The molecule has 3 heteroatoms. The van der Waals surface area contributed by atoms with Gasteiger partial charge in [-0.2, -0.15) is 0 Å². The van der Waals surface area contributed by atoms with Crippen molar-refractivity contribution in [2.24, 2.45) is 0 Å². The minimum Gasteiger partial charge on any atom is -0.508 e. The van der Waals surface area contributed by atoms with Crippen LogP contribution in [0.3, 0.4) is 0 Å². The topological polar surface area (TPSA) is 46.5 Å². The first-order chi connectivity index (χ1) is 9.88. The standard InChI is InChI=1S/C18H20O3/c1-11-9-15(5-7-17(11)20)13(3)16-6-8-18(12(2)10-16)21-14(4)19/h5-10,13,20H,1-4H3. The van der Waals surface area contributed by atoms with Crippen molar-refractivity contribution >= 4 is 5.97 Å². The third kappa shape index (κ3) is 3.43. The van der Waals surface area contributed by atoms with E-state index in [1.807, 2.05) is 44.2 Å². The molecule has 0 aliphatic heterocycles. The van der Waals surface area contributed by atoms with E-state index in [0.29, 0.717) is 11.5 Å². The smallest absolute Gasteiger partial charge is 0.308 e. The molecule has 0 aliphatic carbocycles. The number of ether oxygens (including phenoxy) is 1. The maximum Gasteiger partial charge on any atom is 0.308 e. The summed E-state index contributed by atoms with van der Waals surface area (Å²) < 4.78 is 5.15. The molecule has 110 valence electrons. The minimum atomic E-state index is -0.312. The van der Waals surface area contributed by atoms with Gasteiger partial charge in [0.25, 0.3) is 0 Å². The van der Waals surface area contributed by atoms with Crippen LogP contribution >= 0.6 is 0 Å². The van der Waals surface area contributed by atoms with Crippen molar-refractivity contribution in [2.45, 2.75) is 33.6 Å². The molecule has 0 radical (unpaired) electrons. The van der Waals surface area contributed by atoms with Crippen molar-refractivity contribution in [3.05, 3.63) is 58.7 Å². The molecule has 1 atom stereocenters. The Morgan fingerprint density at radius 3 is 2.14 bits per heavy atom. The molecule has 0 fully saturated rings. The molecule has 1 unspecified atom stereocenters. The first-order valence-corrected chi connectivity index (χ1v) is 6.97. The summed E-state index contributed by atoms with van der Waals surface area (Å²) in [6.45, 7) is 7.33. The van der Waals surface area contributed by atoms with E-state index in [-0.39, 0.29) is 11.9 Å². The van der Waals surface area contributed by atoms with Crippen LogP contribution in [0.1, 0.15) is 42.0 Å². The third-order valence-corrected chi connectivity index (χ3v) is 3.67. The summed E-state index contributed by atoms with van der Waals surface area (Å²) in [5, 5.41) is 9.61. The predicted octanol–water partition coefficient (Wildman–Crippen LogP) is 4.09. The second kappa shape index (κ2) is 6.00. The highest BCUT2D eigenvalue weighted by Gasteiger charge is 2.12. The van der Waals surface area contributed by atoms with E-state index in [4.69, 9.17) is 4.74 Å². The molecule has 21 heavy (non-hydrogen) atoms. The molecule has 0 saturated heterocycles. The number of hydrogen-bond acceptors (Lipinski definition) is 3. The zero-order chi connectivity index (χ0) is 15.6. The van der Waals surface area contributed by atoms with Gasteiger partial charge < -0.3 is 9.84 Å². The molecule has 1 N–H and O–H groups in total. The Labute approximate surface area is 125 Å². The normalized spacial score (nSPS) is 12.0. The van der Waals surface area contributed by atoms with Gasteiger partial charge >= 0.3 is 5.97 Å². The SMILES string of the molecule is CC(=O)Oc1ccc(C(C)c2ccc(O)c(C)c2)cc1C. The Balaban J connectivity index is 2.30. The van der Waals surface area contributed by atoms with Crippen LogP contribution in [0.15, 0.2) is 36.4 Å². The lowest BCUT2D eigenvalue weighted by atomic mass is 9.91. The Morgan fingerprint density at radius 1 is 1.05 bits per heavy atom. The number of phenols is 1. The second-order valence-electron chi connectivity index (χ2n) is 5.39. The highest BCUT2D eigenvalue weighted by Crippen LogP contribution is 2.30. The number of esters is 1. The molecule has 0 saturated carbocycles. The Bertz CT molecular complexity index is 674. The van der Waals surface area contributed by atoms with E-state index >= 15 is 0 Å². The van der Waals surface area contributed by atoms with Gasteiger partial charge in [-0.3, -0.25) is 4.79 Å². The molecular weight excluding hydrogens is 264 g/mol. The molecule has 0 amide bonds. The van der Waals surface area contributed by atoms with E-state index in [1.165, 1.54) is 6.92 Å². The molecule has 2 rings (SSSR count). The molecule has 0 spiro atoms.